The van der Waals surface area contributed by atoms with Crippen molar-refractivity contribution in [3.05, 3.63) is 59.8 Å². The Bertz CT molecular complexity index is 900. The molecule has 28 heavy (non-hydrogen) atoms. The molecule has 2 aromatic rings. The Hall–Kier alpha value is -0.427. The van der Waals surface area contributed by atoms with Gasteiger partial charge in [0.1, 0.15) is 0 Å². The summed E-state index contributed by atoms with van der Waals surface area (Å²) in [5, 5.41) is 0. The van der Waals surface area contributed by atoms with Crippen molar-refractivity contribution in [3.63, 3.8) is 0 Å². The number of hydrogen-bond donors (Lipinski definition) is 1. The number of allylic oxidation sites excluding steroid dienone is 1. The van der Waals surface area contributed by atoms with Gasteiger partial charge in [-0.05, 0) is 0 Å². The number of nitrogens with one attached hydrogen (secondary N) is 1. The van der Waals surface area contributed by atoms with Gasteiger partial charge in [0.2, 0.25) is 0 Å². The fourth-order valence-corrected chi connectivity index (χ4v) is 38.0. The van der Waals surface area contributed by atoms with Gasteiger partial charge in [0, 0.05) is 0 Å². The monoisotopic (exact) mass is 499 g/mol. The summed E-state index contributed by atoms with van der Waals surface area (Å²) >= 11 is -3.98. The van der Waals surface area contributed by atoms with Gasteiger partial charge in [-0.3, -0.25) is 0 Å². The van der Waals surface area contributed by atoms with Crippen molar-refractivity contribution in [2.45, 2.75) is 65.3 Å². The van der Waals surface area contributed by atoms with E-state index in [1.54, 1.807) is 3.21 Å². The third-order valence-electron chi connectivity index (χ3n) is 7.73. The minimum atomic E-state index is -3.98. The van der Waals surface area contributed by atoms with Crippen LogP contribution >= 0.6 is 24.8 Å². The zero-order valence-electron chi connectivity index (χ0n) is 18.6. The van der Waals surface area contributed by atoms with Crippen LogP contribution < -0.4 is 3.40 Å². The van der Waals surface area contributed by atoms with Gasteiger partial charge >= 0.3 is 161 Å². The maximum absolute atomic E-state index is 3.98. The van der Waals surface area contributed by atoms with Crippen LogP contribution in [0.1, 0.15) is 70.1 Å². The average Bonchev–Trinajstić information content (AvgIpc) is 3.16. The number of H-pyrrole nitrogens is 1. The molecule has 1 unspecified atom stereocenters. The van der Waals surface area contributed by atoms with E-state index in [-0.39, 0.29) is 31.1 Å². The quantitative estimate of drug-likeness (QED) is 0.436. The molecule has 0 radical (unpaired) electrons. The predicted octanol–water partition coefficient (Wildman–Crippen LogP) is 7.59. The van der Waals surface area contributed by atoms with Crippen LogP contribution in [0.25, 0.3) is 6.08 Å². The van der Waals surface area contributed by atoms with Gasteiger partial charge in [-0.2, -0.15) is 0 Å². The fourth-order valence-electron chi connectivity index (χ4n) is 7.52. The van der Waals surface area contributed by atoms with E-state index in [1.165, 1.54) is 14.5 Å². The smallest absolute Gasteiger partial charge is 0.147 e. The molecule has 1 aliphatic carbocycles. The molecule has 0 aliphatic heterocycles. The zero-order valence-corrected chi connectivity index (χ0v) is 22.7. The van der Waals surface area contributed by atoms with E-state index in [0.717, 1.165) is 0 Å². The van der Waals surface area contributed by atoms with Crippen molar-refractivity contribution in [2.75, 3.05) is 0 Å². The molecule has 1 aliphatic rings. The minimum Gasteiger partial charge on any atom is -0.147 e. The Kier molecular flexibility index (Phi) is 7.33. The standard InChI is InChI=1S/C9H7.C4H4N.2C4H9.C3H6.2ClH.Zr/c1-2-5-9-7-3-6-8(9)4-1;1-2-4-5-3-1;2*1-4(2)3;1-3-2;;;/h1-7H;1-3,5H;2*1-3H3;1-2H3;2*1H;. The first kappa shape index (κ1) is 25.6. The molecule has 0 amide bonds. The maximum atomic E-state index is 3.76. The van der Waals surface area contributed by atoms with Crippen molar-refractivity contribution in [2.24, 2.45) is 0 Å². The number of aromatic amines is 1. The van der Waals surface area contributed by atoms with Crippen molar-refractivity contribution < 1.29 is 18.3 Å². The molecular weight excluding hydrogens is 464 g/mol. The number of hydrogen-bond acceptors (Lipinski definition) is 0. The first-order valence-electron chi connectivity index (χ1n) is 9.85. The van der Waals surface area contributed by atoms with Crippen LogP contribution in [0.5, 0.6) is 0 Å². The maximum Gasteiger partial charge on any atom is -0.147 e. The molecule has 0 saturated carbocycles. The van der Waals surface area contributed by atoms with Gasteiger partial charge in [0.25, 0.3) is 0 Å². The van der Waals surface area contributed by atoms with E-state index in [0.29, 0.717) is 3.63 Å². The van der Waals surface area contributed by atoms with Crippen LogP contribution in [0.2, 0.25) is 6.25 Å². The number of fused-ring (bicyclic) bond motifs is 1. The summed E-state index contributed by atoms with van der Waals surface area (Å²) in [6, 6.07) is 13.6. The molecule has 1 aromatic heterocycles. The molecule has 1 aromatic carbocycles. The Morgan fingerprint density at radius 2 is 1.43 bits per heavy atom. The molecule has 0 saturated heterocycles. The summed E-state index contributed by atoms with van der Waals surface area (Å²) in [6.45, 7) is 19.9. The van der Waals surface area contributed by atoms with E-state index in [2.05, 4.69) is 115 Å². The van der Waals surface area contributed by atoms with Crippen LogP contribution in [-0.2, 0) is 18.3 Å². The van der Waals surface area contributed by atoms with Gasteiger partial charge < -0.3 is 0 Å². The molecule has 3 rings (SSSR count). The van der Waals surface area contributed by atoms with Crippen LogP contribution in [0.4, 0.5) is 0 Å². The van der Waals surface area contributed by atoms with E-state index in [9.17, 15) is 0 Å². The number of aromatic nitrogens is 1. The number of rotatable bonds is 2. The molecular formula is C24H37Cl2NZr. The molecule has 1 nitrogen and oxygen atoms in total. The molecule has 0 spiro atoms. The predicted molar refractivity (Wildman–Crippen MR) is 129 cm³/mol. The van der Waals surface area contributed by atoms with E-state index >= 15 is 0 Å². The Morgan fingerprint density at radius 3 is 1.89 bits per heavy atom. The number of benzene rings is 1. The third-order valence-corrected chi connectivity index (χ3v) is 36.0. The van der Waals surface area contributed by atoms with Gasteiger partial charge in [0.15, 0.2) is 0 Å². The first-order chi connectivity index (χ1) is 12.0. The number of halogens is 2. The molecule has 156 valence electrons. The summed E-state index contributed by atoms with van der Waals surface area (Å²) in [7, 11) is 0. The third kappa shape index (κ3) is 2.78. The summed E-state index contributed by atoms with van der Waals surface area (Å²) in [6.07, 6.45) is 7.05. The van der Waals surface area contributed by atoms with Crippen LogP contribution in [-0.4, -0.2) is 8.19 Å². The van der Waals surface area contributed by atoms with Gasteiger partial charge in [-0.1, -0.05) is 0 Å². The summed E-state index contributed by atoms with van der Waals surface area (Å²) < 4.78 is 4.06. The van der Waals surface area contributed by atoms with Gasteiger partial charge in [-0.15, -0.1) is 24.8 Å². The molecule has 0 fully saturated rings. The minimum absolute atomic E-state index is 0. The van der Waals surface area contributed by atoms with Crippen LogP contribution in [0, 0.1) is 0 Å². The topological polar surface area (TPSA) is 15.8 Å². The average molecular weight is 502 g/mol. The summed E-state index contributed by atoms with van der Waals surface area (Å²) in [5.74, 6) is 0. The summed E-state index contributed by atoms with van der Waals surface area (Å²) in [5.41, 5.74) is 2.93. The van der Waals surface area contributed by atoms with Crippen molar-refractivity contribution in [3.8, 4) is 0 Å². The van der Waals surface area contributed by atoms with E-state index in [1.807, 2.05) is 0 Å². The second-order valence-electron chi connectivity index (χ2n) is 10.4. The second kappa shape index (κ2) is 8.01. The Morgan fingerprint density at radius 1 is 0.857 bits per heavy atom. The van der Waals surface area contributed by atoms with Gasteiger partial charge in [-0.25, -0.2) is 0 Å². The van der Waals surface area contributed by atoms with Crippen molar-refractivity contribution in [1.82, 2.24) is 4.98 Å². The summed E-state index contributed by atoms with van der Waals surface area (Å²) in [4.78, 5) is 3.76. The van der Waals surface area contributed by atoms with E-state index < -0.39 is 18.3 Å². The molecule has 0 bridgehead atoms. The Labute approximate surface area is 184 Å². The second-order valence-corrected chi connectivity index (χ2v) is 29.6. The normalized spacial score (nSPS) is 16.8. The SMILES string of the molecule is C[C](C)=[Zr]([c]1ccc[nH]1)([CH]1C=Cc2ccccc21)([C](C)(C)C)[C](C)(C)C.Cl.Cl. The largest absolute Gasteiger partial charge is 0.147 e. The molecule has 1 atom stereocenters. The molecule has 1 N–H and O–H groups in total. The first-order valence-corrected chi connectivity index (χ1v) is 16.2. The Balaban J connectivity index is 0.00000196. The van der Waals surface area contributed by atoms with Crippen LogP contribution in [0.3, 0.4) is 0 Å². The van der Waals surface area contributed by atoms with Crippen molar-refractivity contribution in [1.29, 1.82) is 0 Å². The van der Waals surface area contributed by atoms with Crippen LogP contribution in [0.15, 0.2) is 48.7 Å². The zero-order chi connectivity index (χ0) is 19.4. The molecule has 4 heteroatoms. The van der Waals surface area contributed by atoms with Crippen molar-refractivity contribution >= 4 is 37.5 Å². The fraction of sp³-hybridized carbons (Fsp3) is 0.458. The van der Waals surface area contributed by atoms with Gasteiger partial charge in [0.05, 0.1) is 0 Å². The van der Waals surface area contributed by atoms with E-state index in [4.69, 9.17) is 0 Å². The molecule has 1 heterocycles.